The van der Waals surface area contributed by atoms with Crippen LogP contribution < -0.4 is 0 Å². The Labute approximate surface area is 118 Å². The highest BCUT2D eigenvalue weighted by atomic mass is 15.2. The van der Waals surface area contributed by atoms with Crippen LogP contribution in [-0.4, -0.2) is 9.88 Å². The van der Waals surface area contributed by atoms with Crippen LogP contribution in [0.2, 0.25) is 0 Å². The lowest BCUT2D eigenvalue weighted by Crippen LogP contribution is -2.22. The van der Waals surface area contributed by atoms with Gasteiger partial charge in [-0.05, 0) is 38.1 Å². The topological polar surface area (TPSA) is 63.7 Å². The second kappa shape index (κ2) is 5.86. The number of nitriles is 2. The van der Waals surface area contributed by atoms with Crippen molar-refractivity contribution in [3.05, 3.63) is 64.8 Å². The summed E-state index contributed by atoms with van der Waals surface area (Å²) >= 11 is 0. The molecule has 0 spiro atoms. The summed E-state index contributed by atoms with van der Waals surface area (Å²) in [5.74, 6) is 0. The molecule has 98 valence electrons. The van der Waals surface area contributed by atoms with Crippen LogP contribution in [0.5, 0.6) is 0 Å². The zero-order valence-electron chi connectivity index (χ0n) is 11.5. The maximum atomic E-state index is 8.94. The quantitative estimate of drug-likeness (QED) is 0.768. The molecule has 2 rings (SSSR count). The summed E-state index contributed by atoms with van der Waals surface area (Å²) in [5.41, 5.74) is 3.77. The Balaban J connectivity index is 2.31. The third-order valence-electron chi connectivity index (χ3n) is 3.14. The summed E-state index contributed by atoms with van der Waals surface area (Å²) in [6.45, 7) is 4.60. The molecule has 0 amide bonds. The molecule has 1 aromatic heterocycles. The number of aromatic nitrogens is 1. The third-order valence-corrected chi connectivity index (χ3v) is 3.14. The molecule has 0 unspecified atom stereocenters. The Bertz CT molecular complexity index is 643. The van der Waals surface area contributed by atoms with Gasteiger partial charge in [0.05, 0.1) is 12.2 Å². The molecular formula is C16H14N4. The van der Waals surface area contributed by atoms with E-state index in [2.05, 4.69) is 9.88 Å². The summed E-state index contributed by atoms with van der Waals surface area (Å²) in [6.07, 6.45) is 5.49. The van der Waals surface area contributed by atoms with Crippen LogP contribution in [0.15, 0.2) is 59.1 Å². The Kier molecular flexibility index (Phi) is 3.98. The van der Waals surface area contributed by atoms with E-state index in [9.17, 15) is 0 Å². The second-order valence-corrected chi connectivity index (χ2v) is 4.53. The molecule has 20 heavy (non-hydrogen) atoms. The lowest BCUT2D eigenvalue weighted by molar-refractivity contribution is 0.411. The smallest absolute Gasteiger partial charge is 0.137 e. The van der Waals surface area contributed by atoms with Crippen molar-refractivity contribution in [2.24, 2.45) is 0 Å². The van der Waals surface area contributed by atoms with Gasteiger partial charge in [-0.25, -0.2) is 0 Å². The minimum Gasteiger partial charge on any atom is -0.343 e. The van der Waals surface area contributed by atoms with Crippen molar-refractivity contribution in [3.8, 4) is 12.1 Å². The average molecular weight is 262 g/mol. The van der Waals surface area contributed by atoms with Gasteiger partial charge in [-0.3, -0.25) is 4.98 Å². The van der Waals surface area contributed by atoms with Crippen LogP contribution in [0, 0.1) is 22.7 Å². The van der Waals surface area contributed by atoms with Crippen molar-refractivity contribution >= 4 is 0 Å². The minimum atomic E-state index is 0.140. The van der Waals surface area contributed by atoms with Gasteiger partial charge < -0.3 is 4.90 Å². The summed E-state index contributed by atoms with van der Waals surface area (Å²) in [4.78, 5) is 6.42. The monoisotopic (exact) mass is 262 g/mol. The number of hydrogen-bond donors (Lipinski definition) is 0. The van der Waals surface area contributed by atoms with E-state index in [1.54, 1.807) is 6.20 Å². The molecule has 4 heteroatoms. The van der Waals surface area contributed by atoms with Crippen molar-refractivity contribution in [2.45, 2.75) is 20.4 Å². The Morgan fingerprint density at radius 1 is 1.15 bits per heavy atom. The molecular weight excluding hydrogens is 248 g/mol. The fourth-order valence-electron chi connectivity index (χ4n) is 2.13. The van der Waals surface area contributed by atoms with Gasteiger partial charge >= 0.3 is 0 Å². The molecule has 0 N–H and O–H groups in total. The highest BCUT2D eigenvalue weighted by Gasteiger charge is 2.16. The van der Waals surface area contributed by atoms with Gasteiger partial charge in [-0.2, -0.15) is 10.5 Å². The molecule has 0 bridgehead atoms. The van der Waals surface area contributed by atoms with E-state index in [-0.39, 0.29) is 5.57 Å². The number of nitrogens with zero attached hydrogens (tertiary/aromatic N) is 4. The van der Waals surface area contributed by atoms with Crippen LogP contribution in [-0.2, 0) is 6.54 Å². The van der Waals surface area contributed by atoms with E-state index in [1.807, 2.05) is 56.3 Å². The maximum Gasteiger partial charge on any atom is 0.137 e. The van der Waals surface area contributed by atoms with Crippen molar-refractivity contribution < 1.29 is 0 Å². The Morgan fingerprint density at radius 2 is 1.80 bits per heavy atom. The molecule has 4 nitrogen and oxygen atoms in total. The van der Waals surface area contributed by atoms with Crippen molar-refractivity contribution in [2.75, 3.05) is 0 Å². The highest BCUT2D eigenvalue weighted by Crippen LogP contribution is 2.25. The van der Waals surface area contributed by atoms with E-state index < -0.39 is 0 Å². The lowest BCUT2D eigenvalue weighted by Gasteiger charge is -2.29. The van der Waals surface area contributed by atoms with Crippen LogP contribution in [0.1, 0.15) is 19.5 Å². The molecule has 0 aliphatic carbocycles. The average Bonchev–Trinajstić information content (AvgIpc) is 2.45. The molecule has 0 fully saturated rings. The van der Waals surface area contributed by atoms with Gasteiger partial charge in [0.1, 0.15) is 17.7 Å². The summed E-state index contributed by atoms with van der Waals surface area (Å²) < 4.78 is 0. The first kappa shape index (κ1) is 13.6. The van der Waals surface area contributed by atoms with Crippen molar-refractivity contribution in [1.82, 2.24) is 9.88 Å². The first-order valence-corrected chi connectivity index (χ1v) is 6.24. The minimum absolute atomic E-state index is 0.140. The molecule has 1 aliphatic rings. The van der Waals surface area contributed by atoms with E-state index in [1.165, 1.54) is 0 Å². The zero-order valence-corrected chi connectivity index (χ0v) is 11.5. The SMILES string of the molecule is CC1=CC(=C(C#N)C#N)C=C(C)N1Cc1ccccn1. The molecule has 0 aromatic carbocycles. The number of rotatable bonds is 2. The van der Waals surface area contributed by atoms with Crippen LogP contribution >= 0.6 is 0 Å². The standard InChI is InChI=1S/C16H14N4/c1-12-7-14(15(9-17)10-18)8-13(2)20(12)11-16-5-3-4-6-19-16/h3-8H,11H2,1-2H3. The van der Waals surface area contributed by atoms with Gasteiger partial charge in [0.25, 0.3) is 0 Å². The molecule has 0 saturated carbocycles. The highest BCUT2D eigenvalue weighted by molar-refractivity contribution is 5.53. The maximum absolute atomic E-state index is 8.94. The van der Waals surface area contributed by atoms with Crippen LogP contribution in [0.25, 0.3) is 0 Å². The molecule has 0 atom stereocenters. The summed E-state index contributed by atoms with van der Waals surface area (Å²) in [6, 6.07) is 9.67. The third kappa shape index (κ3) is 2.76. The second-order valence-electron chi connectivity index (χ2n) is 4.53. The lowest BCUT2D eigenvalue weighted by atomic mass is 10.0. The summed E-state index contributed by atoms with van der Waals surface area (Å²) in [7, 11) is 0. The Hall–Kier alpha value is -2.85. The van der Waals surface area contributed by atoms with E-state index in [4.69, 9.17) is 10.5 Å². The summed E-state index contributed by atoms with van der Waals surface area (Å²) in [5, 5.41) is 17.9. The number of pyridine rings is 1. The van der Waals surface area contributed by atoms with Gasteiger partial charge in [0.15, 0.2) is 0 Å². The number of hydrogen-bond acceptors (Lipinski definition) is 4. The first-order chi connectivity index (χ1) is 9.65. The number of allylic oxidation sites excluding steroid dienone is 6. The Morgan fingerprint density at radius 3 is 2.30 bits per heavy atom. The van der Waals surface area contributed by atoms with Gasteiger partial charge in [-0.1, -0.05) is 6.07 Å². The molecule has 0 radical (unpaired) electrons. The predicted octanol–water partition coefficient (Wildman–Crippen LogP) is 3.05. The van der Waals surface area contributed by atoms with Crippen LogP contribution in [0.3, 0.4) is 0 Å². The van der Waals surface area contributed by atoms with E-state index >= 15 is 0 Å². The van der Waals surface area contributed by atoms with Gasteiger partial charge in [0.2, 0.25) is 0 Å². The molecule has 1 aliphatic heterocycles. The normalized spacial score (nSPS) is 14.0. The van der Waals surface area contributed by atoms with Gasteiger partial charge in [-0.15, -0.1) is 0 Å². The van der Waals surface area contributed by atoms with Crippen molar-refractivity contribution in [1.29, 1.82) is 10.5 Å². The molecule has 2 heterocycles. The molecule has 1 aromatic rings. The largest absolute Gasteiger partial charge is 0.343 e. The zero-order chi connectivity index (χ0) is 14.5. The fourth-order valence-corrected chi connectivity index (χ4v) is 2.13. The van der Waals surface area contributed by atoms with E-state index in [0.717, 1.165) is 17.1 Å². The molecule has 0 saturated heterocycles. The van der Waals surface area contributed by atoms with Crippen molar-refractivity contribution in [3.63, 3.8) is 0 Å². The fraction of sp³-hybridized carbons (Fsp3) is 0.188. The first-order valence-electron chi connectivity index (χ1n) is 6.24. The van der Waals surface area contributed by atoms with E-state index in [0.29, 0.717) is 12.1 Å². The van der Waals surface area contributed by atoms with Gasteiger partial charge in [0, 0.05) is 23.2 Å². The predicted molar refractivity (Wildman–Crippen MR) is 75.5 cm³/mol. The van der Waals surface area contributed by atoms with Crippen LogP contribution in [0.4, 0.5) is 0 Å².